The van der Waals surface area contributed by atoms with Crippen LogP contribution in [0.15, 0.2) is 30.6 Å². The summed E-state index contributed by atoms with van der Waals surface area (Å²) in [6.07, 6.45) is 9.19. The predicted molar refractivity (Wildman–Crippen MR) is 92.7 cm³/mol. The van der Waals surface area contributed by atoms with E-state index in [2.05, 4.69) is 27.0 Å². The highest BCUT2D eigenvalue weighted by molar-refractivity contribution is 6.32. The molecule has 0 spiro atoms. The average molecular weight is 332 g/mol. The molecule has 122 valence electrons. The van der Waals surface area contributed by atoms with Gasteiger partial charge in [-0.3, -0.25) is 0 Å². The number of allylic oxidation sites excluding steroid dienone is 1. The first-order valence-corrected chi connectivity index (χ1v) is 8.73. The number of benzene rings is 1. The smallest absolute Gasteiger partial charge is 0.0961 e. The molecule has 4 nitrogen and oxygen atoms in total. The van der Waals surface area contributed by atoms with E-state index in [0.717, 1.165) is 41.0 Å². The molecule has 5 heteroatoms. The van der Waals surface area contributed by atoms with Crippen LogP contribution in [-0.2, 0) is 6.54 Å². The molecular formula is C18H22ClN3O. The number of halogens is 1. The van der Waals surface area contributed by atoms with E-state index in [1.165, 1.54) is 6.42 Å². The second-order valence-corrected chi connectivity index (χ2v) is 7.15. The molecule has 4 atom stereocenters. The van der Waals surface area contributed by atoms with Gasteiger partial charge in [-0.25, -0.2) is 4.98 Å². The molecule has 2 N–H and O–H groups in total. The van der Waals surface area contributed by atoms with Crippen molar-refractivity contribution in [2.75, 3.05) is 0 Å². The summed E-state index contributed by atoms with van der Waals surface area (Å²) in [5.74, 6) is 0.230. The normalized spacial score (nSPS) is 30.6. The summed E-state index contributed by atoms with van der Waals surface area (Å²) in [4.78, 5) is 4.48. The van der Waals surface area contributed by atoms with Gasteiger partial charge >= 0.3 is 0 Å². The van der Waals surface area contributed by atoms with Gasteiger partial charge < -0.3 is 15.0 Å². The summed E-state index contributed by atoms with van der Waals surface area (Å²) in [6, 6.07) is 5.02. The van der Waals surface area contributed by atoms with Crippen molar-refractivity contribution in [3.05, 3.63) is 41.2 Å². The average Bonchev–Trinajstić information content (AvgIpc) is 3.19. The monoisotopic (exact) mass is 331 g/mol. The van der Waals surface area contributed by atoms with E-state index in [1.54, 1.807) is 0 Å². The summed E-state index contributed by atoms with van der Waals surface area (Å²) in [6.45, 7) is 2.76. The Morgan fingerprint density at radius 3 is 3.17 bits per heavy atom. The quantitative estimate of drug-likeness (QED) is 0.671. The maximum Gasteiger partial charge on any atom is 0.0961 e. The summed E-state index contributed by atoms with van der Waals surface area (Å²) < 4.78 is 2.12. The minimum Gasteiger partial charge on any atom is -0.392 e. The second kappa shape index (κ2) is 5.93. The van der Waals surface area contributed by atoms with Crippen LogP contribution in [0.5, 0.6) is 0 Å². The largest absolute Gasteiger partial charge is 0.392 e. The molecule has 1 aliphatic carbocycles. The van der Waals surface area contributed by atoms with Crippen molar-refractivity contribution in [3.63, 3.8) is 0 Å². The Labute approximate surface area is 141 Å². The first-order valence-electron chi connectivity index (χ1n) is 8.36. The SMILES string of the molecule is Cc1c(Cl)ccc2c1ncn2CC=CC1C(O)CCCC2NC21. The minimum absolute atomic E-state index is 0.225. The van der Waals surface area contributed by atoms with Gasteiger partial charge in [-0.2, -0.15) is 0 Å². The van der Waals surface area contributed by atoms with Crippen molar-refractivity contribution < 1.29 is 5.11 Å². The Bertz CT molecular complexity index is 752. The Kier molecular flexibility index (Phi) is 3.92. The van der Waals surface area contributed by atoms with Crippen molar-refractivity contribution >= 4 is 22.6 Å². The lowest BCUT2D eigenvalue weighted by atomic mass is 9.96. The number of hydrogen-bond acceptors (Lipinski definition) is 3. The molecule has 23 heavy (non-hydrogen) atoms. The zero-order valence-corrected chi connectivity index (χ0v) is 14.0. The molecule has 1 aromatic carbocycles. The van der Waals surface area contributed by atoms with Crippen LogP contribution >= 0.6 is 11.6 Å². The fraction of sp³-hybridized carbons (Fsp3) is 0.500. The Morgan fingerprint density at radius 2 is 2.30 bits per heavy atom. The Balaban J connectivity index is 1.51. The van der Waals surface area contributed by atoms with Crippen molar-refractivity contribution in [2.24, 2.45) is 5.92 Å². The van der Waals surface area contributed by atoms with Gasteiger partial charge in [0.05, 0.1) is 23.5 Å². The Morgan fingerprint density at radius 1 is 1.43 bits per heavy atom. The summed E-state index contributed by atoms with van der Waals surface area (Å²) >= 11 is 6.16. The fourth-order valence-corrected chi connectivity index (χ4v) is 3.94. The number of nitrogens with zero attached hydrogens (tertiary/aromatic N) is 2. The number of hydrogen-bond donors (Lipinski definition) is 2. The molecule has 1 aromatic heterocycles. The lowest BCUT2D eigenvalue weighted by Gasteiger charge is -2.17. The van der Waals surface area contributed by atoms with Crippen LogP contribution in [0, 0.1) is 12.8 Å². The van der Waals surface area contributed by atoms with Crippen molar-refractivity contribution in [1.29, 1.82) is 0 Å². The molecule has 4 rings (SSSR count). The lowest BCUT2D eigenvalue weighted by Crippen LogP contribution is -2.24. The number of rotatable bonds is 3. The van der Waals surface area contributed by atoms with Crippen molar-refractivity contribution in [1.82, 2.24) is 14.9 Å². The molecule has 1 saturated heterocycles. The number of aromatic nitrogens is 2. The number of aliphatic hydroxyl groups is 1. The molecule has 4 unspecified atom stereocenters. The highest BCUT2D eigenvalue weighted by atomic mass is 35.5. The zero-order chi connectivity index (χ0) is 16.0. The van der Waals surface area contributed by atoms with Gasteiger partial charge in [-0.1, -0.05) is 23.8 Å². The molecule has 2 heterocycles. The lowest BCUT2D eigenvalue weighted by molar-refractivity contribution is 0.121. The van der Waals surface area contributed by atoms with E-state index in [0.29, 0.717) is 12.1 Å². The van der Waals surface area contributed by atoms with Crippen LogP contribution in [0.25, 0.3) is 11.0 Å². The summed E-state index contributed by atoms with van der Waals surface area (Å²) in [7, 11) is 0. The van der Waals surface area contributed by atoms with Crippen LogP contribution in [0.4, 0.5) is 0 Å². The van der Waals surface area contributed by atoms with Crippen molar-refractivity contribution in [2.45, 2.75) is 50.9 Å². The molecule has 1 aliphatic heterocycles. The van der Waals surface area contributed by atoms with E-state index < -0.39 is 0 Å². The molecule has 0 amide bonds. The van der Waals surface area contributed by atoms with Crippen LogP contribution in [0.1, 0.15) is 24.8 Å². The first kappa shape index (κ1) is 15.2. The third kappa shape index (κ3) is 2.80. The first-order chi connectivity index (χ1) is 11.1. The van der Waals surface area contributed by atoms with Crippen LogP contribution in [0.2, 0.25) is 5.02 Å². The number of nitrogens with one attached hydrogen (secondary N) is 1. The van der Waals surface area contributed by atoms with Crippen LogP contribution < -0.4 is 5.32 Å². The summed E-state index contributed by atoms with van der Waals surface area (Å²) in [5.41, 5.74) is 3.08. The molecule has 2 aliphatic rings. The van der Waals surface area contributed by atoms with E-state index in [1.807, 2.05) is 25.4 Å². The highest BCUT2D eigenvalue weighted by Crippen LogP contribution is 2.33. The third-order valence-electron chi connectivity index (χ3n) is 5.24. The summed E-state index contributed by atoms with van der Waals surface area (Å²) in [5, 5.41) is 14.6. The fourth-order valence-electron chi connectivity index (χ4n) is 3.78. The molecular weight excluding hydrogens is 310 g/mol. The molecule has 0 radical (unpaired) electrons. The molecule has 2 fully saturated rings. The number of imidazole rings is 1. The minimum atomic E-state index is -0.225. The van der Waals surface area contributed by atoms with Gasteiger partial charge in [-0.15, -0.1) is 0 Å². The van der Waals surface area contributed by atoms with Gasteiger partial charge in [0.2, 0.25) is 0 Å². The number of fused-ring (bicyclic) bond motifs is 2. The standard InChI is InChI=1S/C18H22ClN3O/c1-11-13(19)7-8-15-17(11)20-10-22(15)9-3-4-12-16(23)6-2-5-14-18(12)21-14/h3-4,7-8,10,12,14,16,18,21,23H,2,5-6,9H2,1H3. The van der Waals surface area contributed by atoms with Gasteiger partial charge in [0.25, 0.3) is 0 Å². The van der Waals surface area contributed by atoms with Gasteiger partial charge in [0, 0.05) is 29.6 Å². The topological polar surface area (TPSA) is 60.0 Å². The molecule has 1 saturated carbocycles. The van der Waals surface area contributed by atoms with E-state index in [4.69, 9.17) is 11.6 Å². The van der Waals surface area contributed by atoms with E-state index in [-0.39, 0.29) is 12.0 Å². The maximum atomic E-state index is 10.3. The van der Waals surface area contributed by atoms with Gasteiger partial charge in [-0.05, 0) is 43.9 Å². The van der Waals surface area contributed by atoms with Crippen LogP contribution in [0.3, 0.4) is 0 Å². The molecule has 2 aromatic rings. The maximum absolute atomic E-state index is 10.3. The van der Waals surface area contributed by atoms with Gasteiger partial charge in [0.15, 0.2) is 0 Å². The van der Waals surface area contributed by atoms with E-state index in [9.17, 15) is 5.11 Å². The van der Waals surface area contributed by atoms with Crippen molar-refractivity contribution in [3.8, 4) is 0 Å². The number of aliphatic hydroxyl groups excluding tert-OH is 1. The third-order valence-corrected chi connectivity index (χ3v) is 5.65. The molecule has 0 bridgehead atoms. The highest BCUT2D eigenvalue weighted by Gasteiger charge is 2.45. The van der Waals surface area contributed by atoms with Gasteiger partial charge in [0.1, 0.15) is 0 Å². The Hall–Kier alpha value is -1.36. The predicted octanol–water partition coefficient (Wildman–Crippen LogP) is 3.06. The van der Waals surface area contributed by atoms with Crippen LogP contribution in [-0.4, -0.2) is 32.8 Å². The number of aryl methyl sites for hydroxylation is 1. The zero-order valence-electron chi connectivity index (χ0n) is 13.2. The second-order valence-electron chi connectivity index (χ2n) is 6.74. The van der Waals surface area contributed by atoms with E-state index >= 15 is 0 Å².